The molecule has 3 N–H and O–H groups in total. The molecule has 0 aliphatic heterocycles. The summed E-state index contributed by atoms with van der Waals surface area (Å²) >= 11 is 12.2. The van der Waals surface area contributed by atoms with Crippen molar-refractivity contribution in [2.24, 2.45) is 0 Å². The molecule has 0 aliphatic rings. The van der Waals surface area contributed by atoms with Crippen molar-refractivity contribution in [2.75, 3.05) is 25.3 Å². The smallest absolute Gasteiger partial charge is 0.416 e. The van der Waals surface area contributed by atoms with Crippen LogP contribution >= 0.6 is 23.2 Å². The summed E-state index contributed by atoms with van der Waals surface area (Å²) in [6.45, 7) is 0.482. The van der Waals surface area contributed by atoms with Crippen molar-refractivity contribution < 1.29 is 73.6 Å². The molecule has 0 saturated carbocycles. The number of hydrogen-bond donors (Lipinski definition) is 3. The van der Waals surface area contributed by atoms with Gasteiger partial charge in [0.05, 0.1) is 28.2 Å². The molecule has 0 unspecified atom stereocenters. The first kappa shape index (κ1) is 43.2. The van der Waals surface area contributed by atoms with Gasteiger partial charge in [0.25, 0.3) is 0 Å². The largest absolute Gasteiger partial charge is 0.481 e. The Bertz CT molecular complexity index is 2160. The highest BCUT2D eigenvalue weighted by atomic mass is 35.5. The summed E-state index contributed by atoms with van der Waals surface area (Å²) in [6, 6.07) is 12.8. The Morgan fingerprint density at radius 2 is 1.26 bits per heavy atom. The molecule has 4 aromatic rings. The molecule has 1 amide bonds. The zero-order valence-corrected chi connectivity index (χ0v) is 30.1. The number of ether oxygens (including phenoxy) is 3. The van der Waals surface area contributed by atoms with E-state index in [0.717, 1.165) is 48.7 Å². The van der Waals surface area contributed by atoms with Gasteiger partial charge in [0, 0.05) is 39.2 Å². The molecule has 11 nitrogen and oxygen atoms in total. The number of alkyl halides is 6. The van der Waals surface area contributed by atoms with Crippen molar-refractivity contribution in [1.29, 1.82) is 0 Å². The second-order valence-corrected chi connectivity index (χ2v) is 13.8. The van der Waals surface area contributed by atoms with Crippen molar-refractivity contribution in [3.63, 3.8) is 0 Å². The number of sulfone groups is 1. The van der Waals surface area contributed by atoms with Crippen LogP contribution in [-0.4, -0.2) is 62.7 Å². The van der Waals surface area contributed by atoms with Gasteiger partial charge >= 0.3 is 30.4 Å². The number of carbonyl (C=O) groups excluding carboxylic acids is 1. The van der Waals surface area contributed by atoms with Crippen LogP contribution in [0.5, 0.6) is 11.5 Å². The quantitative estimate of drug-likeness (QED) is 0.132. The second kappa shape index (κ2) is 17.3. The Morgan fingerprint density at radius 1 is 0.759 bits per heavy atom. The van der Waals surface area contributed by atoms with Crippen molar-refractivity contribution in [1.82, 2.24) is 0 Å². The Morgan fingerprint density at radius 3 is 1.70 bits per heavy atom. The van der Waals surface area contributed by atoms with Crippen LogP contribution in [0.25, 0.3) is 22.3 Å². The number of carboxylic acids is 2. The van der Waals surface area contributed by atoms with E-state index in [1.54, 1.807) is 0 Å². The molecule has 0 aliphatic carbocycles. The summed E-state index contributed by atoms with van der Waals surface area (Å²) in [5.41, 5.74) is -1.59. The van der Waals surface area contributed by atoms with Crippen molar-refractivity contribution in [3.8, 4) is 33.8 Å². The third-order valence-electron chi connectivity index (χ3n) is 6.97. The standard InChI is InChI=1S/C17H13ClF3NO5.C17H14ClF3O5S/c1-26-16(25)22-10-3-4-11(13(18)7-10)12-6-9(17(19,20)21)2-5-14(12)27-8-15(23)24;1-9(16(22)23)26-15-6-3-10(17(19,20)21)7-13(15)12-5-4-11(8-14(12)18)27(2,24)25/h2-7H,8H2,1H3,(H,22,25)(H,23,24);3-9H,1-2H3,(H,22,23)/t;9-/m.0/s1. The van der Waals surface area contributed by atoms with E-state index in [4.69, 9.17) is 42.9 Å². The molecule has 0 heterocycles. The number of aliphatic carboxylic acids is 2. The average molecular weight is 827 g/mol. The molecule has 4 rings (SSSR count). The third kappa shape index (κ3) is 11.6. The summed E-state index contributed by atoms with van der Waals surface area (Å²) < 4.78 is 116. The van der Waals surface area contributed by atoms with Crippen LogP contribution in [0.2, 0.25) is 10.0 Å². The van der Waals surface area contributed by atoms with Gasteiger partial charge in [-0.2, -0.15) is 26.3 Å². The van der Waals surface area contributed by atoms with Gasteiger partial charge in [-0.3, -0.25) is 5.32 Å². The number of rotatable bonds is 10. The normalized spacial score (nSPS) is 12.1. The Labute approximate surface area is 312 Å². The monoisotopic (exact) mass is 825 g/mol. The lowest BCUT2D eigenvalue weighted by Gasteiger charge is -2.18. The van der Waals surface area contributed by atoms with Crippen LogP contribution in [0, 0.1) is 0 Å². The van der Waals surface area contributed by atoms with Crippen LogP contribution in [0.4, 0.5) is 36.8 Å². The Hall–Kier alpha value is -5.20. The maximum Gasteiger partial charge on any atom is 0.416 e. The summed E-state index contributed by atoms with van der Waals surface area (Å²) in [5, 5.41) is 20.0. The number of hydrogen-bond acceptors (Lipinski definition) is 8. The van der Waals surface area contributed by atoms with Gasteiger partial charge in [0.15, 0.2) is 22.5 Å². The first-order valence-corrected chi connectivity index (χ1v) is 17.4. The highest BCUT2D eigenvalue weighted by Crippen LogP contribution is 2.42. The molecule has 0 radical (unpaired) electrons. The molecular formula is C34H27Cl2F6NO10S. The van der Waals surface area contributed by atoms with E-state index in [1.807, 2.05) is 0 Å². The fourth-order valence-corrected chi connectivity index (χ4v) is 5.64. The van der Waals surface area contributed by atoms with Crippen LogP contribution < -0.4 is 14.8 Å². The second-order valence-electron chi connectivity index (χ2n) is 10.9. The minimum atomic E-state index is -4.65. The van der Waals surface area contributed by atoms with Gasteiger partial charge in [-0.15, -0.1) is 0 Å². The van der Waals surface area contributed by atoms with Crippen molar-refractivity contribution in [2.45, 2.75) is 30.3 Å². The lowest BCUT2D eigenvalue weighted by Crippen LogP contribution is -2.23. The molecule has 0 spiro atoms. The SMILES string of the molecule is COC(=O)Nc1ccc(-c2cc(C(F)(F)F)ccc2OCC(=O)O)c(Cl)c1.C[C@H](Oc1ccc(C(F)(F)F)cc1-c1ccc(S(C)(=O)=O)cc1Cl)C(=O)O. The molecule has 4 aromatic carbocycles. The molecule has 1 atom stereocenters. The van der Waals surface area contributed by atoms with E-state index >= 15 is 0 Å². The summed E-state index contributed by atoms with van der Waals surface area (Å²) in [5.74, 6) is -2.81. The summed E-state index contributed by atoms with van der Waals surface area (Å²) in [7, 11) is -2.40. The molecule has 0 saturated heterocycles. The highest BCUT2D eigenvalue weighted by Gasteiger charge is 2.33. The van der Waals surface area contributed by atoms with Gasteiger partial charge in [-0.1, -0.05) is 35.3 Å². The number of amides is 1. The lowest BCUT2D eigenvalue weighted by atomic mass is 10.0. The number of methoxy groups -OCH3 is 1. The highest BCUT2D eigenvalue weighted by molar-refractivity contribution is 7.90. The number of carboxylic acid groups (broad SMARTS) is 2. The number of anilines is 1. The summed E-state index contributed by atoms with van der Waals surface area (Å²) in [6.07, 6.45) is -10.4. The van der Waals surface area contributed by atoms with Gasteiger partial charge in [0.1, 0.15) is 11.5 Å². The predicted octanol–water partition coefficient (Wildman–Crippen LogP) is 8.95. The van der Waals surface area contributed by atoms with E-state index in [-0.39, 0.29) is 54.4 Å². The fourth-order valence-electron chi connectivity index (χ4n) is 4.37. The van der Waals surface area contributed by atoms with Gasteiger partial charge in [0.2, 0.25) is 0 Å². The lowest BCUT2D eigenvalue weighted by molar-refractivity contribution is -0.144. The van der Waals surface area contributed by atoms with E-state index < -0.39 is 64.1 Å². The Balaban J connectivity index is 0.000000290. The fraction of sp³-hybridized carbons (Fsp3) is 0.206. The minimum Gasteiger partial charge on any atom is -0.481 e. The zero-order valence-electron chi connectivity index (χ0n) is 27.8. The number of benzene rings is 4. The van der Waals surface area contributed by atoms with Gasteiger partial charge in [-0.25, -0.2) is 22.8 Å². The average Bonchev–Trinajstić information content (AvgIpc) is 3.06. The molecule has 290 valence electrons. The third-order valence-corrected chi connectivity index (χ3v) is 8.70. The first-order chi connectivity index (χ1) is 24.9. The minimum absolute atomic E-state index is 0.0170. The van der Waals surface area contributed by atoms with Crippen molar-refractivity contribution >= 4 is 56.8 Å². The van der Waals surface area contributed by atoms with Crippen LogP contribution in [0.15, 0.2) is 77.7 Å². The van der Waals surface area contributed by atoms with E-state index in [9.17, 15) is 49.1 Å². The molecular weight excluding hydrogens is 799 g/mol. The number of halogens is 8. The molecule has 0 fully saturated rings. The Kier molecular flexibility index (Phi) is 13.8. The topological polar surface area (TPSA) is 166 Å². The maximum atomic E-state index is 13.1. The first-order valence-electron chi connectivity index (χ1n) is 14.7. The zero-order chi connectivity index (χ0) is 40.8. The maximum absolute atomic E-state index is 13.1. The predicted molar refractivity (Wildman–Crippen MR) is 184 cm³/mol. The molecule has 20 heteroatoms. The number of carbonyl (C=O) groups is 3. The van der Waals surface area contributed by atoms with Crippen LogP contribution in [-0.2, 0) is 36.5 Å². The van der Waals surface area contributed by atoms with Gasteiger partial charge < -0.3 is 24.4 Å². The van der Waals surface area contributed by atoms with Gasteiger partial charge in [-0.05, 0) is 67.6 Å². The van der Waals surface area contributed by atoms with E-state index in [0.29, 0.717) is 0 Å². The molecule has 0 bridgehead atoms. The van der Waals surface area contributed by atoms with E-state index in [2.05, 4.69) is 10.1 Å². The van der Waals surface area contributed by atoms with Crippen LogP contribution in [0.3, 0.4) is 0 Å². The summed E-state index contributed by atoms with van der Waals surface area (Å²) in [4.78, 5) is 32.8. The number of nitrogens with one attached hydrogen (secondary N) is 1. The van der Waals surface area contributed by atoms with Crippen molar-refractivity contribution in [3.05, 3.63) is 94.0 Å². The molecule has 54 heavy (non-hydrogen) atoms. The molecule has 0 aromatic heterocycles. The van der Waals surface area contributed by atoms with E-state index in [1.165, 1.54) is 44.4 Å². The van der Waals surface area contributed by atoms with Crippen LogP contribution in [0.1, 0.15) is 18.1 Å².